The van der Waals surface area contributed by atoms with Crippen molar-refractivity contribution in [1.82, 2.24) is 5.32 Å². The van der Waals surface area contributed by atoms with Crippen molar-refractivity contribution >= 4 is 17.5 Å². The Hall–Kier alpha value is -2.00. The molecule has 114 valence electrons. The number of hydrogen-bond acceptors (Lipinski definition) is 2. The van der Waals surface area contributed by atoms with Crippen molar-refractivity contribution in [2.24, 2.45) is 0 Å². The molecule has 2 aromatic carbocycles. The van der Waals surface area contributed by atoms with E-state index in [2.05, 4.69) is 5.32 Å². The minimum absolute atomic E-state index is 0.0913. The lowest BCUT2D eigenvalue weighted by Crippen LogP contribution is -2.35. The Morgan fingerprint density at radius 2 is 1.73 bits per heavy atom. The lowest BCUT2D eigenvalue weighted by Gasteiger charge is -2.16. The average Bonchev–Trinajstić information content (AvgIpc) is 3.32. The van der Waals surface area contributed by atoms with Gasteiger partial charge in [-0.2, -0.15) is 0 Å². The molecule has 0 saturated heterocycles. The molecule has 0 atom stereocenters. The van der Waals surface area contributed by atoms with Crippen LogP contribution in [0.15, 0.2) is 48.5 Å². The highest BCUT2D eigenvalue weighted by Gasteiger charge is 2.50. The van der Waals surface area contributed by atoms with Gasteiger partial charge in [-0.15, -0.1) is 0 Å². The second-order valence-electron chi connectivity index (χ2n) is 5.76. The van der Waals surface area contributed by atoms with E-state index in [1.807, 2.05) is 36.4 Å². The average molecular weight is 316 g/mol. The number of carbonyl (C=O) groups is 1. The van der Waals surface area contributed by atoms with Gasteiger partial charge in [-0.1, -0.05) is 35.9 Å². The summed E-state index contributed by atoms with van der Waals surface area (Å²) in [5.74, 6) is 0.348. The second kappa shape index (κ2) is 6.01. The fraction of sp³-hybridized carbons (Fsp3) is 0.278. The number of halogens is 1. The van der Waals surface area contributed by atoms with Crippen LogP contribution in [-0.2, 0) is 16.6 Å². The summed E-state index contributed by atoms with van der Waals surface area (Å²) < 4.78 is 0. The molecule has 1 fully saturated rings. The zero-order chi connectivity index (χ0) is 15.6. The zero-order valence-corrected chi connectivity index (χ0v) is 12.9. The molecular formula is C18H18ClNO2. The largest absolute Gasteiger partial charge is 0.508 e. The Labute approximate surface area is 134 Å². The molecule has 1 amide bonds. The van der Waals surface area contributed by atoms with Crippen molar-refractivity contribution < 1.29 is 9.90 Å². The maximum absolute atomic E-state index is 12.5. The highest BCUT2D eigenvalue weighted by Crippen LogP contribution is 2.48. The van der Waals surface area contributed by atoms with Gasteiger partial charge < -0.3 is 10.4 Å². The zero-order valence-electron chi connectivity index (χ0n) is 12.2. The fourth-order valence-electron chi connectivity index (χ4n) is 2.69. The van der Waals surface area contributed by atoms with Crippen LogP contribution in [0.4, 0.5) is 0 Å². The third-order valence-corrected chi connectivity index (χ3v) is 4.47. The number of hydrogen-bond donors (Lipinski definition) is 2. The SMILES string of the molecule is O=C(NCCc1ccc(O)cc1)C1(c2ccc(Cl)cc2)CC1. The number of benzene rings is 2. The van der Waals surface area contributed by atoms with E-state index in [-0.39, 0.29) is 17.1 Å². The molecule has 0 radical (unpaired) electrons. The minimum atomic E-state index is -0.362. The van der Waals surface area contributed by atoms with Gasteiger partial charge in [0.15, 0.2) is 0 Å². The number of phenolic OH excluding ortho intramolecular Hbond substituents is 1. The molecule has 0 heterocycles. The number of aromatic hydroxyl groups is 1. The van der Waals surface area contributed by atoms with Gasteiger partial charge in [-0.05, 0) is 54.7 Å². The third-order valence-electron chi connectivity index (χ3n) is 4.22. The lowest BCUT2D eigenvalue weighted by atomic mass is 9.95. The standard InChI is InChI=1S/C18H18ClNO2/c19-15-5-3-14(4-6-15)18(10-11-18)17(22)20-12-9-13-1-7-16(21)8-2-13/h1-8,21H,9-12H2,(H,20,22). The monoisotopic (exact) mass is 315 g/mol. The van der Waals surface area contributed by atoms with Gasteiger partial charge in [0.05, 0.1) is 5.41 Å². The van der Waals surface area contributed by atoms with Gasteiger partial charge in [-0.25, -0.2) is 0 Å². The van der Waals surface area contributed by atoms with E-state index in [1.54, 1.807) is 12.1 Å². The molecule has 4 heteroatoms. The molecular weight excluding hydrogens is 298 g/mol. The van der Waals surface area contributed by atoms with Crippen LogP contribution in [0.1, 0.15) is 24.0 Å². The molecule has 3 nitrogen and oxygen atoms in total. The Balaban J connectivity index is 1.57. The smallest absolute Gasteiger partial charge is 0.230 e. The van der Waals surface area contributed by atoms with Gasteiger partial charge in [-0.3, -0.25) is 4.79 Å². The van der Waals surface area contributed by atoms with E-state index in [0.717, 1.165) is 30.4 Å². The Kier molecular flexibility index (Phi) is 4.08. The van der Waals surface area contributed by atoms with Gasteiger partial charge in [0, 0.05) is 11.6 Å². The first kappa shape index (κ1) is 14.9. The molecule has 2 N–H and O–H groups in total. The number of rotatable bonds is 5. The van der Waals surface area contributed by atoms with Crippen LogP contribution < -0.4 is 5.32 Å². The highest BCUT2D eigenvalue weighted by atomic mass is 35.5. The lowest BCUT2D eigenvalue weighted by molar-refractivity contribution is -0.123. The second-order valence-corrected chi connectivity index (χ2v) is 6.20. The van der Waals surface area contributed by atoms with Crippen LogP contribution in [-0.4, -0.2) is 17.6 Å². The first-order valence-electron chi connectivity index (χ1n) is 7.42. The number of phenols is 1. The van der Waals surface area contributed by atoms with Gasteiger partial charge in [0.1, 0.15) is 5.75 Å². The molecule has 0 unspecified atom stereocenters. The van der Waals surface area contributed by atoms with Gasteiger partial charge >= 0.3 is 0 Å². The molecule has 22 heavy (non-hydrogen) atoms. The fourth-order valence-corrected chi connectivity index (χ4v) is 2.82. The molecule has 1 aliphatic rings. The van der Waals surface area contributed by atoms with Crippen LogP contribution >= 0.6 is 11.6 Å². The highest BCUT2D eigenvalue weighted by molar-refractivity contribution is 6.30. The van der Waals surface area contributed by atoms with Crippen molar-refractivity contribution in [3.05, 3.63) is 64.7 Å². The van der Waals surface area contributed by atoms with E-state index >= 15 is 0 Å². The molecule has 0 bridgehead atoms. The van der Waals surface area contributed by atoms with Crippen LogP contribution in [0, 0.1) is 0 Å². The van der Waals surface area contributed by atoms with Crippen molar-refractivity contribution in [3.8, 4) is 5.75 Å². The normalized spacial score (nSPS) is 15.3. The summed E-state index contributed by atoms with van der Waals surface area (Å²) in [7, 11) is 0. The summed E-state index contributed by atoms with van der Waals surface area (Å²) in [5, 5.41) is 13.0. The Morgan fingerprint density at radius 1 is 1.09 bits per heavy atom. The van der Waals surface area contributed by atoms with Crippen molar-refractivity contribution in [3.63, 3.8) is 0 Å². The quantitative estimate of drug-likeness (QED) is 0.888. The van der Waals surface area contributed by atoms with E-state index in [9.17, 15) is 9.90 Å². The Bertz CT molecular complexity index is 660. The number of amides is 1. The molecule has 3 rings (SSSR count). The molecule has 1 saturated carbocycles. The van der Waals surface area contributed by atoms with E-state index in [4.69, 9.17) is 11.6 Å². The summed E-state index contributed by atoms with van der Waals surface area (Å²) >= 11 is 5.91. The number of nitrogens with one attached hydrogen (secondary N) is 1. The van der Waals surface area contributed by atoms with E-state index < -0.39 is 0 Å². The molecule has 0 aliphatic heterocycles. The Morgan fingerprint density at radius 3 is 2.32 bits per heavy atom. The predicted molar refractivity (Wildman–Crippen MR) is 87.2 cm³/mol. The van der Waals surface area contributed by atoms with Crippen LogP contribution in [0.25, 0.3) is 0 Å². The van der Waals surface area contributed by atoms with Crippen molar-refractivity contribution in [2.75, 3.05) is 6.54 Å². The van der Waals surface area contributed by atoms with Crippen molar-refractivity contribution in [2.45, 2.75) is 24.7 Å². The molecule has 0 spiro atoms. The maximum atomic E-state index is 12.5. The molecule has 1 aliphatic carbocycles. The summed E-state index contributed by atoms with van der Waals surface area (Å²) in [6.45, 7) is 0.596. The maximum Gasteiger partial charge on any atom is 0.230 e. The van der Waals surface area contributed by atoms with Crippen LogP contribution in [0.2, 0.25) is 5.02 Å². The van der Waals surface area contributed by atoms with Crippen molar-refractivity contribution in [1.29, 1.82) is 0 Å². The van der Waals surface area contributed by atoms with E-state index in [0.29, 0.717) is 11.6 Å². The third kappa shape index (κ3) is 3.09. The summed E-state index contributed by atoms with van der Waals surface area (Å²) in [4.78, 5) is 12.5. The summed E-state index contributed by atoms with van der Waals surface area (Å²) in [5.41, 5.74) is 1.77. The van der Waals surface area contributed by atoms with Gasteiger partial charge in [0.2, 0.25) is 5.91 Å². The molecule has 2 aromatic rings. The predicted octanol–water partition coefficient (Wildman–Crippen LogP) is 3.44. The molecule has 0 aromatic heterocycles. The summed E-state index contributed by atoms with van der Waals surface area (Å²) in [6.07, 6.45) is 2.53. The summed E-state index contributed by atoms with van der Waals surface area (Å²) in [6, 6.07) is 14.6. The van der Waals surface area contributed by atoms with Gasteiger partial charge in [0.25, 0.3) is 0 Å². The van der Waals surface area contributed by atoms with Crippen LogP contribution in [0.3, 0.4) is 0 Å². The van der Waals surface area contributed by atoms with Crippen LogP contribution in [0.5, 0.6) is 5.75 Å². The first-order chi connectivity index (χ1) is 10.6. The minimum Gasteiger partial charge on any atom is -0.508 e. The number of carbonyl (C=O) groups excluding carboxylic acids is 1. The topological polar surface area (TPSA) is 49.3 Å². The van der Waals surface area contributed by atoms with E-state index in [1.165, 1.54) is 0 Å². The first-order valence-corrected chi connectivity index (χ1v) is 7.80.